The molecule has 0 saturated carbocycles. The van der Waals surface area contributed by atoms with Crippen molar-refractivity contribution in [1.29, 1.82) is 0 Å². The average molecular weight is 431 g/mol. The molecule has 12 heteroatoms. The van der Waals surface area contributed by atoms with Crippen molar-refractivity contribution in [2.75, 3.05) is 6.54 Å². The van der Waals surface area contributed by atoms with Gasteiger partial charge in [-0.05, 0) is 38.6 Å². The summed E-state index contributed by atoms with van der Waals surface area (Å²) in [5.41, 5.74) is 16.1. The topological polar surface area (TPSA) is 220 Å². The number of carbonyl (C=O) groups excluding carboxylic acids is 4. The van der Waals surface area contributed by atoms with E-state index in [0.29, 0.717) is 19.4 Å². The second kappa shape index (κ2) is 13.5. The number of aliphatic carboxylic acids is 1. The van der Waals surface area contributed by atoms with Gasteiger partial charge in [0.15, 0.2) is 0 Å². The molecule has 0 spiro atoms. The second-order valence-electron chi connectivity index (χ2n) is 7.43. The number of carboxylic acids is 1. The number of rotatable bonds is 14. The third-order valence-electron chi connectivity index (χ3n) is 4.26. The molecule has 4 atom stereocenters. The number of amides is 4. The first-order valence-electron chi connectivity index (χ1n) is 9.78. The molecule has 10 N–H and O–H groups in total. The Morgan fingerprint density at radius 3 is 1.87 bits per heavy atom. The zero-order valence-corrected chi connectivity index (χ0v) is 17.6. The number of hydrogen-bond acceptors (Lipinski definition) is 7. The lowest BCUT2D eigenvalue weighted by molar-refractivity contribution is -0.142. The molecule has 12 nitrogen and oxygen atoms in total. The Labute approximate surface area is 175 Å². The van der Waals surface area contributed by atoms with Gasteiger partial charge in [-0.1, -0.05) is 13.8 Å². The number of carboxylic acid groups (broad SMARTS) is 1. The maximum atomic E-state index is 12.6. The summed E-state index contributed by atoms with van der Waals surface area (Å²) in [6, 6.07) is -4.49. The van der Waals surface area contributed by atoms with E-state index in [1.165, 1.54) is 6.92 Å². The third-order valence-corrected chi connectivity index (χ3v) is 4.26. The number of nitrogens with one attached hydrogen (secondary N) is 3. The van der Waals surface area contributed by atoms with Crippen LogP contribution >= 0.6 is 0 Å². The lowest BCUT2D eigenvalue weighted by Gasteiger charge is -2.26. The predicted octanol–water partition coefficient (Wildman–Crippen LogP) is -2.47. The van der Waals surface area contributed by atoms with Gasteiger partial charge >= 0.3 is 5.97 Å². The number of carbonyl (C=O) groups is 5. The summed E-state index contributed by atoms with van der Waals surface area (Å²) >= 11 is 0. The fourth-order valence-corrected chi connectivity index (χ4v) is 2.51. The van der Waals surface area contributed by atoms with Crippen LogP contribution in [0.2, 0.25) is 0 Å². The van der Waals surface area contributed by atoms with Crippen LogP contribution < -0.4 is 33.2 Å². The Hall–Kier alpha value is -2.73. The quantitative estimate of drug-likeness (QED) is 0.146. The van der Waals surface area contributed by atoms with Crippen molar-refractivity contribution in [1.82, 2.24) is 16.0 Å². The Bertz CT molecular complexity index is 624. The number of hydrogen-bond donors (Lipinski definition) is 7. The SMILES string of the molecule is CC(N)C(=O)NC(C(=O)NC(CC(N)=O)C(=O)NC(CCCCN)C(=O)O)C(C)C. The minimum absolute atomic E-state index is 0.134. The molecule has 0 saturated heterocycles. The molecule has 4 amide bonds. The Balaban J connectivity index is 5.33. The van der Waals surface area contributed by atoms with Crippen LogP contribution in [0.4, 0.5) is 0 Å². The van der Waals surface area contributed by atoms with Crippen LogP contribution in [0.3, 0.4) is 0 Å². The highest BCUT2D eigenvalue weighted by Crippen LogP contribution is 2.06. The van der Waals surface area contributed by atoms with E-state index in [1.54, 1.807) is 13.8 Å². The van der Waals surface area contributed by atoms with E-state index in [4.69, 9.17) is 17.2 Å². The lowest BCUT2D eigenvalue weighted by Crippen LogP contribution is -2.58. The zero-order chi connectivity index (χ0) is 23.4. The van der Waals surface area contributed by atoms with Crippen LogP contribution in [0, 0.1) is 5.92 Å². The summed E-state index contributed by atoms with van der Waals surface area (Å²) in [6.45, 7) is 5.18. The van der Waals surface area contributed by atoms with E-state index in [0.717, 1.165) is 0 Å². The van der Waals surface area contributed by atoms with E-state index in [1.807, 2.05) is 0 Å². The number of unbranched alkanes of at least 4 members (excludes halogenated alkanes) is 1. The zero-order valence-electron chi connectivity index (χ0n) is 17.6. The van der Waals surface area contributed by atoms with E-state index < -0.39 is 60.2 Å². The van der Waals surface area contributed by atoms with Gasteiger partial charge in [0.2, 0.25) is 23.6 Å². The fraction of sp³-hybridized carbons (Fsp3) is 0.722. The van der Waals surface area contributed by atoms with E-state index >= 15 is 0 Å². The van der Waals surface area contributed by atoms with Crippen LogP contribution in [0.25, 0.3) is 0 Å². The van der Waals surface area contributed by atoms with Crippen LogP contribution in [-0.4, -0.2) is 65.4 Å². The highest BCUT2D eigenvalue weighted by molar-refractivity contribution is 5.96. The summed E-state index contributed by atoms with van der Waals surface area (Å²) in [5.74, 6) is -4.64. The summed E-state index contributed by atoms with van der Waals surface area (Å²) in [4.78, 5) is 59.8. The van der Waals surface area contributed by atoms with Crippen molar-refractivity contribution in [2.24, 2.45) is 23.1 Å². The number of nitrogens with two attached hydrogens (primary N) is 3. The molecule has 0 rings (SSSR count). The second-order valence-corrected chi connectivity index (χ2v) is 7.43. The third kappa shape index (κ3) is 10.2. The van der Waals surface area contributed by atoms with Crippen LogP contribution in [0.15, 0.2) is 0 Å². The van der Waals surface area contributed by atoms with Crippen LogP contribution in [0.5, 0.6) is 0 Å². The van der Waals surface area contributed by atoms with Gasteiger partial charge in [-0.25, -0.2) is 4.79 Å². The first kappa shape index (κ1) is 27.3. The van der Waals surface area contributed by atoms with Gasteiger partial charge in [-0.3, -0.25) is 19.2 Å². The first-order valence-corrected chi connectivity index (χ1v) is 9.78. The van der Waals surface area contributed by atoms with Crippen molar-refractivity contribution >= 4 is 29.6 Å². The average Bonchev–Trinajstić information content (AvgIpc) is 2.63. The molecule has 0 radical (unpaired) electrons. The molecule has 0 aromatic heterocycles. The van der Waals surface area contributed by atoms with Crippen molar-refractivity contribution in [3.8, 4) is 0 Å². The van der Waals surface area contributed by atoms with Crippen molar-refractivity contribution in [3.63, 3.8) is 0 Å². The highest BCUT2D eigenvalue weighted by atomic mass is 16.4. The van der Waals surface area contributed by atoms with E-state index in [2.05, 4.69) is 16.0 Å². The molecule has 0 aliphatic heterocycles. The minimum atomic E-state index is -1.40. The molecule has 30 heavy (non-hydrogen) atoms. The van der Waals surface area contributed by atoms with Gasteiger partial charge in [0.1, 0.15) is 18.1 Å². The van der Waals surface area contributed by atoms with Crippen molar-refractivity contribution in [2.45, 2.75) is 70.6 Å². The van der Waals surface area contributed by atoms with Gasteiger partial charge < -0.3 is 38.3 Å². The Morgan fingerprint density at radius 2 is 1.43 bits per heavy atom. The van der Waals surface area contributed by atoms with E-state index in [-0.39, 0.29) is 12.3 Å². The molecule has 0 aromatic rings. The van der Waals surface area contributed by atoms with Crippen molar-refractivity contribution in [3.05, 3.63) is 0 Å². The highest BCUT2D eigenvalue weighted by Gasteiger charge is 2.31. The van der Waals surface area contributed by atoms with Gasteiger partial charge in [-0.2, -0.15) is 0 Å². The molecule has 0 fully saturated rings. The summed E-state index contributed by atoms with van der Waals surface area (Å²) < 4.78 is 0. The molecular weight excluding hydrogens is 396 g/mol. The minimum Gasteiger partial charge on any atom is -0.480 e. The van der Waals surface area contributed by atoms with Gasteiger partial charge in [0, 0.05) is 0 Å². The standard InChI is InChI=1S/C18H34N6O6/c1-9(2)14(24-15(26)10(3)20)17(28)23-12(8-13(21)25)16(27)22-11(18(29)30)6-4-5-7-19/h9-12,14H,4-8,19-20H2,1-3H3,(H2,21,25)(H,22,27)(H,23,28)(H,24,26)(H,29,30). The largest absolute Gasteiger partial charge is 0.480 e. The summed E-state index contributed by atoms with van der Waals surface area (Å²) in [7, 11) is 0. The van der Waals surface area contributed by atoms with Gasteiger partial charge in [-0.15, -0.1) is 0 Å². The van der Waals surface area contributed by atoms with Crippen molar-refractivity contribution < 1.29 is 29.1 Å². The van der Waals surface area contributed by atoms with Gasteiger partial charge in [0.05, 0.1) is 12.5 Å². The smallest absolute Gasteiger partial charge is 0.326 e. The molecule has 0 heterocycles. The maximum Gasteiger partial charge on any atom is 0.326 e. The van der Waals surface area contributed by atoms with Gasteiger partial charge in [0.25, 0.3) is 0 Å². The summed E-state index contributed by atoms with van der Waals surface area (Å²) in [6.07, 6.45) is 0.642. The molecule has 172 valence electrons. The van der Waals surface area contributed by atoms with E-state index in [9.17, 15) is 29.1 Å². The molecule has 0 aromatic carbocycles. The molecule has 0 bridgehead atoms. The lowest BCUT2D eigenvalue weighted by atomic mass is 10.0. The normalized spacial score (nSPS) is 14.9. The molecule has 0 aliphatic rings. The number of primary amides is 1. The maximum absolute atomic E-state index is 12.6. The van der Waals surface area contributed by atoms with Crippen LogP contribution in [0.1, 0.15) is 46.5 Å². The predicted molar refractivity (Wildman–Crippen MR) is 109 cm³/mol. The molecular formula is C18H34N6O6. The monoisotopic (exact) mass is 430 g/mol. The van der Waals surface area contributed by atoms with Crippen LogP contribution in [-0.2, 0) is 24.0 Å². The molecule has 0 aliphatic carbocycles. The Morgan fingerprint density at radius 1 is 0.867 bits per heavy atom. The first-order chi connectivity index (χ1) is 13.9. The summed E-state index contributed by atoms with van der Waals surface area (Å²) in [5, 5.41) is 16.4. The Kier molecular flexibility index (Phi) is 12.3. The molecule has 4 unspecified atom stereocenters. The fourth-order valence-electron chi connectivity index (χ4n) is 2.51.